The molecule has 0 saturated heterocycles. The zero-order valence-corrected chi connectivity index (χ0v) is 33.8. The van der Waals surface area contributed by atoms with Crippen LogP contribution in [-0.4, -0.2) is 15.0 Å². The number of aromatic nitrogens is 3. The Labute approximate surface area is 356 Å². The lowest BCUT2D eigenvalue weighted by Crippen LogP contribution is -2.02. The van der Waals surface area contributed by atoms with E-state index in [0.717, 1.165) is 44.2 Å². The molecule has 0 radical (unpaired) electrons. The first-order valence-corrected chi connectivity index (χ1v) is 21.4. The lowest BCUT2D eigenvalue weighted by Gasteiger charge is -2.17. The van der Waals surface area contributed by atoms with Crippen molar-refractivity contribution in [3.05, 3.63) is 212 Å². The summed E-state index contributed by atoms with van der Waals surface area (Å²) < 4.78 is 1.27. The highest BCUT2D eigenvalue weighted by Crippen LogP contribution is 2.44. The molecule has 0 aliphatic heterocycles. The van der Waals surface area contributed by atoms with E-state index in [9.17, 15) is 0 Å². The third-order valence-corrected chi connectivity index (χ3v) is 13.1. The van der Waals surface area contributed by atoms with Crippen molar-refractivity contribution >= 4 is 64.5 Å². The van der Waals surface area contributed by atoms with Crippen LogP contribution in [0.2, 0.25) is 0 Å². The standard InChI is InChI=1S/C57H35N3S/c1-2-15-36(16-3-1)42-22-9-12-27-49(42)56-58-55(41-21-14-20-39(33-41)53-35-40-19-6-13-28-52(40)61-53)59-57(60-56)50-32-31-47(45-25-10-11-26-46(45)50)54-44-24-8-5-18-38(44)34-51-43-23-7-4-17-37(43)29-30-48(51)54/h1-35H. The number of fused-ring (bicyclic) bond motifs is 6. The summed E-state index contributed by atoms with van der Waals surface area (Å²) in [6.45, 7) is 0. The molecule has 2 heterocycles. The first kappa shape index (κ1) is 35.2. The summed E-state index contributed by atoms with van der Waals surface area (Å²) in [5.74, 6) is 1.89. The van der Waals surface area contributed by atoms with Gasteiger partial charge in [-0.1, -0.05) is 182 Å². The van der Waals surface area contributed by atoms with E-state index < -0.39 is 0 Å². The molecule has 12 aromatic rings. The number of benzene rings is 10. The van der Waals surface area contributed by atoms with Crippen molar-refractivity contribution in [3.8, 4) is 66.9 Å². The smallest absolute Gasteiger partial charge is 0.164 e. The van der Waals surface area contributed by atoms with Gasteiger partial charge >= 0.3 is 0 Å². The van der Waals surface area contributed by atoms with Crippen molar-refractivity contribution in [2.24, 2.45) is 0 Å². The van der Waals surface area contributed by atoms with Gasteiger partial charge in [-0.25, -0.2) is 15.0 Å². The minimum absolute atomic E-state index is 0.630. The Bertz CT molecular complexity index is 3630. The summed E-state index contributed by atoms with van der Waals surface area (Å²) in [6.07, 6.45) is 0. The van der Waals surface area contributed by atoms with Crippen molar-refractivity contribution in [1.82, 2.24) is 15.0 Å². The number of rotatable bonds is 6. The fourth-order valence-corrected chi connectivity index (χ4v) is 10.1. The molecule has 0 fully saturated rings. The van der Waals surface area contributed by atoms with E-state index in [-0.39, 0.29) is 0 Å². The van der Waals surface area contributed by atoms with Crippen molar-refractivity contribution in [2.75, 3.05) is 0 Å². The lowest BCUT2D eigenvalue weighted by molar-refractivity contribution is 1.08. The average Bonchev–Trinajstić information content (AvgIpc) is 3.78. The normalized spacial score (nSPS) is 11.6. The number of hydrogen-bond acceptors (Lipinski definition) is 4. The molecular formula is C57H35N3S. The first-order valence-electron chi connectivity index (χ1n) is 20.6. The van der Waals surface area contributed by atoms with Gasteiger partial charge in [0.1, 0.15) is 0 Å². The highest BCUT2D eigenvalue weighted by Gasteiger charge is 2.20. The van der Waals surface area contributed by atoms with Gasteiger partial charge in [0.15, 0.2) is 17.5 Å². The van der Waals surface area contributed by atoms with Gasteiger partial charge in [0.2, 0.25) is 0 Å². The maximum absolute atomic E-state index is 5.36. The van der Waals surface area contributed by atoms with Gasteiger partial charge in [-0.15, -0.1) is 11.3 Å². The minimum atomic E-state index is 0.630. The van der Waals surface area contributed by atoms with Gasteiger partial charge < -0.3 is 0 Å². The van der Waals surface area contributed by atoms with Crippen LogP contribution in [0.25, 0.3) is 120 Å². The zero-order valence-electron chi connectivity index (χ0n) is 33.0. The minimum Gasteiger partial charge on any atom is -0.208 e. The molecule has 0 saturated carbocycles. The van der Waals surface area contributed by atoms with E-state index in [1.807, 2.05) is 6.07 Å². The van der Waals surface area contributed by atoms with Crippen molar-refractivity contribution in [1.29, 1.82) is 0 Å². The molecule has 61 heavy (non-hydrogen) atoms. The molecule has 0 unspecified atom stereocenters. The van der Waals surface area contributed by atoms with E-state index in [0.29, 0.717) is 17.5 Å². The Balaban J connectivity index is 1.09. The van der Waals surface area contributed by atoms with Crippen molar-refractivity contribution < 1.29 is 0 Å². The van der Waals surface area contributed by atoms with Crippen LogP contribution in [0.4, 0.5) is 0 Å². The molecule has 0 amide bonds. The van der Waals surface area contributed by atoms with Crippen LogP contribution in [0.15, 0.2) is 212 Å². The molecule has 0 bridgehead atoms. The van der Waals surface area contributed by atoms with Crippen LogP contribution in [0.1, 0.15) is 0 Å². The summed E-state index contributed by atoms with van der Waals surface area (Å²) in [4.78, 5) is 17.2. The van der Waals surface area contributed by atoms with Crippen LogP contribution in [0.3, 0.4) is 0 Å². The molecule has 12 rings (SSSR count). The van der Waals surface area contributed by atoms with Gasteiger partial charge in [-0.2, -0.15) is 0 Å². The second kappa shape index (κ2) is 14.5. The van der Waals surface area contributed by atoms with Crippen LogP contribution < -0.4 is 0 Å². The van der Waals surface area contributed by atoms with E-state index in [2.05, 4.69) is 206 Å². The lowest BCUT2D eigenvalue weighted by atomic mass is 9.87. The second-order valence-electron chi connectivity index (χ2n) is 15.5. The molecule has 0 spiro atoms. The fourth-order valence-electron chi connectivity index (χ4n) is 9.05. The Morgan fingerprint density at radius 3 is 1.69 bits per heavy atom. The molecule has 4 heteroatoms. The summed E-state index contributed by atoms with van der Waals surface area (Å²) in [5, 5.41) is 10.9. The number of nitrogens with zero attached hydrogens (tertiary/aromatic N) is 3. The third-order valence-electron chi connectivity index (χ3n) is 11.9. The van der Waals surface area contributed by atoms with Gasteiger partial charge in [-0.05, 0) is 107 Å². The number of thiophene rings is 1. The van der Waals surface area contributed by atoms with Crippen molar-refractivity contribution in [3.63, 3.8) is 0 Å². The molecule has 0 atom stereocenters. The van der Waals surface area contributed by atoms with Crippen LogP contribution in [0.5, 0.6) is 0 Å². The second-order valence-corrected chi connectivity index (χ2v) is 16.6. The van der Waals surface area contributed by atoms with Crippen molar-refractivity contribution in [2.45, 2.75) is 0 Å². The Morgan fingerprint density at radius 2 is 0.869 bits per heavy atom. The summed E-state index contributed by atoms with van der Waals surface area (Å²) in [5.41, 5.74) is 8.57. The van der Waals surface area contributed by atoms with Gasteiger partial charge in [0, 0.05) is 26.3 Å². The quantitative estimate of drug-likeness (QED) is 0.124. The van der Waals surface area contributed by atoms with E-state index in [1.165, 1.54) is 58.4 Å². The zero-order chi connectivity index (χ0) is 40.3. The van der Waals surface area contributed by atoms with Crippen LogP contribution in [-0.2, 0) is 0 Å². The predicted octanol–water partition coefficient (Wildman–Crippen LogP) is 15.7. The molecule has 0 aliphatic carbocycles. The molecule has 0 N–H and O–H groups in total. The Hall–Kier alpha value is -7.79. The largest absolute Gasteiger partial charge is 0.208 e. The Kier molecular flexibility index (Phi) is 8.36. The van der Waals surface area contributed by atoms with E-state index in [4.69, 9.17) is 15.0 Å². The average molecular weight is 794 g/mol. The highest BCUT2D eigenvalue weighted by atomic mass is 32.1. The topological polar surface area (TPSA) is 38.7 Å². The van der Waals surface area contributed by atoms with Gasteiger partial charge in [-0.3, -0.25) is 0 Å². The Morgan fingerprint density at radius 1 is 0.279 bits per heavy atom. The molecule has 284 valence electrons. The maximum atomic E-state index is 5.36. The van der Waals surface area contributed by atoms with E-state index in [1.54, 1.807) is 11.3 Å². The summed E-state index contributed by atoms with van der Waals surface area (Å²) in [7, 11) is 0. The summed E-state index contributed by atoms with van der Waals surface area (Å²) >= 11 is 1.80. The third kappa shape index (κ3) is 6.07. The molecule has 2 aromatic heterocycles. The highest BCUT2D eigenvalue weighted by molar-refractivity contribution is 7.22. The SMILES string of the molecule is c1ccc(-c2ccccc2-c2nc(-c3cccc(-c4cc5ccccc5s4)c3)nc(-c3ccc(-c4c5ccccc5cc5c4ccc4ccccc45)c4ccccc34)n2)cc1. The molecule has 3 nitrogen and oxygen atoms in total. The van der Waals surface area contributed by atoms with Gasteiger partial charge in [0.05, 0.1) is 0 Å². The fraction of sp³-hybridized carbons (Fsp3) is 0. The number of hydrogen-bond donors (Lipinski definition) is 0. The molecule has 10 aromatic carbocycles. The van der Waals surface area contributed by atoms with E-state index >= 15 is 0 Å². The summed E-state index contributed by atoms with van der Waals surface area (Å²) in [6, 6.07) is 75.9. The predicted molar refractivity (Wildman–Crippen MR) is 258 cm³/mol. The first-order chi connectivity index (χ1) is 30.2. The van der Waals surface area contributed by atoms with Crippen LogP contribution >= 0.6 is 11.3 Å². The van der Waals surface area contributed by atoms with Crippen LogP contribution in [0, 0.1) is 0 Å². The monoisotopic (exact) mass is 793 g/mol. The van der Waals surface area contributed by atoms with Gasteiger partial charge in [0.25, 0.3) is 0 Å². The maximum Gasteiger partial charge on any atom is 0.164 e. The molecular weight excluding hydrogens is 759 g/mol. The molecule has 0 aliphatic rings.